The number of aryl methyl sites for hydroxylation is 1. The summed E-state index contributed by atoms with van der Waals surface area (Å²) >= 11 is -1.72. The number of carbonyl (C=O) groups excluding carboxylic acids is 2. The Morgan fingerprint density at radius 3 is 2.50 bits per heavy atom. The lowest BCUT2D eigenvalue weighted by atomic mass is 9.81. The molecular weight excluding hydrogens is 528 g/mol. The number of carbonyl (C=O) groups is 2. The summed E-state index contributed by atoms with van der Waals surface area (Å²) in [6.07, 6.45) is 5.82. The normalized spacial score (nSPS) is 20.9. The molecule has 1 N–H and O–H groups in total. The van der Waals surface area contributed by atoms with E-state index in [1.54, 1.807) is 19.0 Å². The average Bonchev–Trinajstić information content (AvgIpc) is 3.26. The van der Waals surface area contributed by atoms with Gasteiger partial charge in [-0.05, 0) is 48.6 Å². The van der Waals surface area contributed by atoms with Crippen LogP contribution in [0.1, 0.15) is 53.9 Å². The predicted octanol–water partition coefficient (Wildman–Crippen LogP) is 4.00. The van der Waals surface area contributed by atoms with Crippen molar-refractivity contribution in [3.05, 3.63) is 53.6 Å². The Morgan fingerprint density at radius 1 is 0.950 bits per heavy atom. The highest BCUT2D eigenvalue weighted by atomic mass is 32.2. The zero-order valence-electron chi connectivity index (χ0n) is 23.5. The summed E-state index contributed by atoms with van der Waals surface area (Å²) in [5.41, 5.74) is 4.59. The van der Waals surface area contributed by atoms with E-state index in [1.165, 1.54) is 29.1 Å². The Bertz CT molecular complexity index is 1410. The molecule has 9 nitrogen and oxygen atoms in total. The van der Waals surface area contributed by atoms with Crippen molar-refractivity contribution in [3.8, 4) is 17.0 Å². The third kappa shape index (κ3) is 5.94. The number of hydrogen-bond acceptors (Lipinski definition) is 5. The molecule has 5 rings (SSSR count). The molecule has 0 radical (unpaired) electrons. The van der Waals surface area contributed by atoms with Crippen molar-refractivity contribution in [3.63, 3.8) is 0 Å². The molecule has 1 unspecified atom stereocenters. The Kier molecular flexibility index (Phi) is 8.87. The van der Waals surface area contributed by atoms with Gasteiger partial charge < -0.3 is 18.9 Å². The van der Waals surface area contributed by atoms with Gasteiger partial charge in [-0.2, -0.15) is 0 Å². The molecule has 2 amide bonds. The number of amides is 2. The van der Waals surface area contributed by atoms with Crippen LogP contribution in [0.5, 0.6) is 5.75 Å². The Hall–Kier alpha value is -3.21. The van der Waals surface area contributed by atoms with Crippen molar-refractivity contribution < 1.29 is 23.3 Å². The van der Waals surface area contributed by atoms with E-state index in [0.29, 0.717) is 43.5 Å². The van der Waals surface area contributed by atoms with Crippen LogP contribution in [0, 0.1) is 0 Å². The molecular formula is C30H38N4O5S. The molecule has 10 heteroatoms. The first-order valence-electron chi connectivity index (χ1n) is 14.0. The first-order valence-corrected chi connectivity index (χ1v) is 15.1. The van der Waals surface area contributed by atoms with Crippen molar-refractivity contribution in [2.24, 2.45) is 7.05 Å². The first kappa shape index (κ1) is 28.3. The minimum Gasteiger partial charge on any atom is -0.483 e. The topological polar surface area (TPSA) is 93.1 Å². The van der Waals surface area contributed by atoms with Crippen molar-refractivity contribution in [2.75, 3.05) is 47.0 Å². The molecule has 2 aliphatic rings. The lowest BCUT2D eigenvalue weighted by molar-refractivity contribution is -0.132. The van der Waals surface area contributed by atoms with E-state index in [1.807, 2.05) is 49.5 Å². The molecule has 214 valence electrons. The number of fused-ring (bicyclic) bond motifs is 4. The van der Waals surface area contributed by atoms with Crippen molar-refractivity contribution in [2.45, 2.75) is 38.0 Å². The van der Waals surface area contributed by atoms with Gasteiger partial charge in [-0.15, -0.1) is 0 Å². The quantitative estimate of drug-likeness (QED) is 0.481. The molecule has 1 aliphatic carbocycles. The molecule has 0 saturated heterocycles. The number of aromatic nitrogens is 1. The van der Waals surface area contributed by atoms with Gasteiger partial charge in [-0.1, -0.05) is 37.5 Å². The summed E-state index contributed by atoms with van der Waals surface area (Å²) in [5.74, 6) is 0.501. The second kappa shape index (κ2) is 12.5. The number of benzene rings is 2. The summed E-state index contributed by atoms with van der Waals surface area (Å²) in [5, 5.41) is 1.10. The van der Waals surface area contributed by atoms with Crippen molar-refractivity contribution in [1.29, 1.82) is 0 Å². The van der Waals surface area contributed by atoms with E-state index in [9.17, 15) is 13.8 Å². The minimum absolute atomic E-state index is 0.0811. The minimum atomic E-state index is -1.72. The third-order valence-electron chi connectivity index (χ3n) is 8.02. The highest BCUT2D eigenvalue weighted by molar-refractivity contribution is 7.81. The molecule has 3 aromatic rings. The van der Waals surface area contributed by atoms with E-state index >= 15 is 0 Å². The van der Waals surface area contributed by atoms with Gasteiger partial charge in [-0.25, -0.2) is 8.51 Å². The van der Waals surface area contributed by atoms with E-state index in [0.717, 1.165) is 35.0 Å². The van der Waals surface area contributed by atoms with E-state index in [4.69, 9.17) is 9.47 Å². The largest absolute Gasteiger partial charge is 0.483 e. The van der Waals surface area contributed by atoms with Gasteiger partial charge in [0.05, 0.1) is 18.9 Å². The number of para-hydroxylation sites is 1. The first-order chi connectivity index (χ1) is 19.3. The molecule has 1 fully saturated rings. The maximum absolute atomic E-state index is 13.1. The fourth-order valence-corrected chi connectivity index (χ4v) is 6.37. The third-order valence-corrected chi connectivity index (χ3v) is 9.13. The Balaban J connectivity index is 1.63. The van der Waals surface area contributed by atoms with Crippen LogP contribution in [0.25, 0.3) is 22.2 Å². The van der Waals surface area contributed by atoms with Crippen LogP contribution in [0.15, 0.2) is 42.5 Å². The average molecular weight is 567 g/mol. The van der Waals surface area contributed by atoms with Crippen molar-refractivity contribution >= 4 is 33.9 Å². The Labute approximate surface area is 238 Å². The van der Waals surface area contributed by atoms with E-state index < -0.39 is 17.1 Å². The highest BCUT2D eigenvalue weighted by Crippen LogP contribution is 2.45. The molecule has 1 atom stereocenters. The van der Waals surface area contributed by atoms with Crippen LogP contribution in [0.3, 0.4) is 0 Å². The fraction of sp³-hybridized carbons (Fsp3) is 0.467. The molecule has 2 aromatic carbocycles. The maximum atomic E-state index is 13.1. The van der Waals surface area contributed by atoms with Crippen LogP contribution in [0.4, 0.5) is 0 Å². The standard InChI is InChI=1S/C30H38N4O5S/c1-32-15-17-38-18-16-33(2)40(37)31-30(36)22-13-14-23-25(19-22)34(3)29(28(23)21-9-5-4-6-10-21)24-11-7-8-12-26(24)39-20-27(32)35/h7-8,11-14,19,21H,4-6,9-10,15-18,20H2,1-3H3,(H,31,36). The predicted molar refractivity (Wildman–Crippen MR) is 156 cm³/mol. The number of likely N-dealkylation sites (N-methyl/N-ethyl adjacent to an activating group) is 2. The summed E-state index contributed by atoms with van der Waals surface area (Å²) in [7, 11) is 5.41. The smallest absolute Gasteiger partial charge is 0.264 e. The number of ether oxygens (including phenoxy) is 2. The number of hydrogen-bond donors (Lipinski definition) is 1. The summed E-state index contributed by atoms with van der Waals surface area (Å²) < 4.78 is 30.9. The van der Waals surface area contributed by atoms with Crippen LogP contribution in [0.2, 0.25) is 0 Å². The highest BCUT2D eigenvalue weighted by Gasteiger charge is 2.28. The second-order valence-electron chi connectivity index (χ2n) is 10.6. The zero-order chi connectivity index (χ0) is 28.2. The van der Waals surface area contributed by atoms with Crippen LogP contribution in [-0.2, 0) is 27.8 Å². The SMILES string of the molecule is CN1CCOCCN(C)S(=O)NC(=O)c2ccc3c(C4CCCCC4)c(n(C)c3c2)-c2ccccc2OCC1=O. The van der Waals surface area contributed by atoms with E-state index in [-0.39, 0.29) is 12.5 Å². The summed E-state index contributed by atoms with van der Waals surface area (Å²) in [6.45, 7) is 1.33. The van der Waals surface area contributed by atoms with E-state index in [2.05, 4.69) is 9.29 Å². The van der Waals surface area contributed by atoms with Crippen molar-refractivity contribution in [1.82, 2.24) is 18.5 Å². The molecule has 0 spiro atoms. The second-order valence-corrected chi connectivity index (χ2v) is 12.0. The summed E-state index contributed by atoms with van der Waals surface area (Å²) in [4.78, 5) is 27.6. The molecule has 1 aromatic heterocycles. The molecule has 3 bridgehead atoms. The van der Waals surface area contributed by atoms with Crippen LogP contribution in [-0.4, -0.2) is 76.8 Å². The summed E-state index contributed by atoms with van der Waals surface area (Å²) in [6, 6.07) is 13.6. The molecule has 40 heavy (non-hydrogen) atoms. The molecule has 1 aliphatic heterocycles. The van der Waals surface area contributed by atoms with Crippen LogP contribution < -0.4 is 9.46 Å². The fourth-order valence-electron chi connectivity index (χ4n) is 5.70. The lowest BCUT2D eigenvalue weighted by Crippen LogP contribution is -2.38. The Morgan fingerprint density at radius 2 is 1.70 bits per heavy atom. The van der Waals surface area contributed by atoms with Gasteiger partial charge in [0.2, 0.25) is 0 Å². The monoisotopic (exact) mass is 566 g/mol. The van der Waals surface area contributed by atoms with Gasteiger partial charge >= 0.3 is 0 Å². The molecule has 2 heterocycles. The number of rotatable bonds is 1. The van der Waals surface area contributed by atoms with Gasteiger partial charge in [0.25, 0.3) is 11.8 Å². The number of nitrogens with zero attached hydrogens (tertiary/aromatic N) is 3. The van der Waals surface area contributed by atoms with Gasteiger partial charge in [0.1, 0.15) is 5.75 Å². The lowest BCUT2D eigenvalue weighted by Gasteiger charge is -2.24. The maximum Gasteiger partial charge on any atom is 0.264 e. The van der Waals surface area contributed by atoms with Gasteiger partial charge in [-0.3, -0.25) is 14.3 Å². The zero-order valence-corrected chi connectivity index (χ0v) is 24.3. The molecule has 1 saturated carbocycles. The van der Waals surface area contributed by atoms with Gasteiger partial charge in [0.15, 0.2) is 17.8 Å². The number of nitrogens with one attached hydrogen (secondary N) is 1. The van der Waals surface area contributed by atoms with Crippen LogP contribution >= 0.6 is 0 Å². The van der Waals surface area contributed by atoms with Gasteiger partial charge in [0, 0.05) is 56.3 Å².